The summed E-state index contributed by atoms with van der Waals surface area (Å²) in [6.45, 7) is 0. The van der Waals surface area contributed by atoms with Crippen molar-refractivity contribution >= 4 is 40.2 Å². The quantitative estimate of drug-likeness (QED) is 0.678. The minimum Gasteiger partial charge on any atom is -0.339 e. The molecule has 1 aliphatic rings. The van der Waals surface area contributed by atoms with Crippen LogP contribution in [0.4, 0.5) is 10.5 Å². The average molecular weight is 405 g/mol. The molecule has 0 bridgehead atoms. The molecule has 1 aliphatic heterocycles. The molecule has 6 nitrogen and oxygen atoms in total. The van der Waals surface area contributed by atoms with E-state index in [0.717, 1.165) is 22.2 Å². The van der Waals surface area contributed by atoms with Gasteiger partial charge in [-0.05, 0) is 60.1 Å². The molecule has 2 aromatic carbocycles. The summed E-state index contributed by atoms with van der Waals surface area (Å²) in [4.78, 5) is 26.6. The van der Waals surface area contributed by atoms with Crippen LogP contribution in [0.15, 0.2) is 53.4 Å². The van der Waals surface area contributed by atoms with Crippen molar-refractivity contribution in [3.63, 3.8) is 0 Å². The molecule has 0 saturated carbocycles. The van der Waals surface area contributed by atoms with E-state index in [1.807, 2.05) is 36.4 Å². The Morgan fingerprint density at radius 3 is 2.56 bits per heavy atom. The first-order valence-electron chi connectivity index (χ1n) is 8.49. The van der Waals surface area contributed by atoms with Gasteiger partial charge in [-0.2, -0.15) is 0 Å². The highest BCUT2D eigenvalue weighted by molar-refractivity contribution is 8.13. The highest BCUT2D eigenvalue weighted by atomic mass is 35.5. The van der Waals surface area contributed by atoms with Gasteiger partial charge in [-0.3, -0.25) is 9.59 Å². The van der Waals surface area contributed by atoms with Crippen molar-refractivity contribution in [1.82, 2.24) is 15.8 Å². The fourth-order valence-corrected chi connectivity index (χ4v) is 3.55. The van der Waals surface area contributed by atoms with Crippen LogP contribution >= 0.6 is 23.4 Å². The van der Waals surface area contributed by atoms with E-state index in [-0.39, 0.29) is 23.2 Å². The zero-order valence-electron chi connectivity index (χ0n) is 15.0. The molecule has 2 aromatic rings. The zero-order valence-corrected chi connectivity index (χ0v) is 16.6. The van der Waals surface area contributed by atoms with Gasteiger partial charge in [-0.1, -0.05) is 23.7 Å². The Kier molecular flexibility index (Phi) is 6.38. The molecular weight excluding hydrogens is 384 g/mol. The number of halogens is 1. The van der Waals surface area contributed by atoms with Gasteiger partial charge in [-0.25, -0.2) is 10.9 Å². The number of benzene rings is 2. The Labute approximate surface area is 167 Å². The van der Waals surface area contributed by atoms with Gasteiger partial charge in [0.15, 0.2) is 0 Å². The number of carbonyl (C=O) groups excluding carboxylic acids is 2. The Morgan fingerprint density at radius 2 is 1.89 bits per heavy atom. The summed E-state index contributed by atoms with van der Waals surface area (Å²) in [6.07, 6.45) is 0.622. The molecule has 0 aromatic heterocycles. The predicted molar refractivity (Wildman–Crippen MR) is 109 cm³/mol. The molecule has 2 unspecified atom stereocenters. The summed E-state index contributed by atoms with van der Waals surface area (Å²) >= 11 is 7.18. The number of hydrogen-bond donors (Lipinski definition) is 3. The van der Waals surface area contributed by atoms with E-state index < -0.39 is 0 Å². The van der Waals surface area contributed by atoms with E-state index in [0.29, 0.717) is 17.1 Å². The van der Waals surface area contributed by atoms with Crippen molar-refractivity contribution in [1.29, 1.82) is 0 Å². The number of hydrazine groups is 1. The van der Waals surface area contributed by atoms with Crippen molar-refractivity contribution < 1.29 is 9.59 Å². The summed E-state index contributed by atoms with van der Waals surface area (Å²) in [5, 5.41) is 3.53. The number of hydrogen-bond acceptors (Lipinski definition) is 5. The van der Waals surface area contributed by atoms with Crippen LogP contribution in [0.3, 0.4) is 0 Å². The van der Waals surface area contributed by atoms with Gasteiger partial charge < -0.3 is 10.2 Å². The first-order chi connectivity index (χ1) is 12.9. The fraction of sp³-hybridized carbons (Fsp3) is 0.263. The monoisotopic (exact) mass is 404 g/mol. The predicted octanol–water partition coefficient (Wildman–Crippen LogP) is 3.66. The van der Waals surface area contributed by atoms with E-state index in [1.54, 1.807) is 26.2 Å². The van der Waals surface area contributed by atoms with Crippen LogP contribution < -0.4 is 16.2 Å². The molecule has 2 atom stereocenters. The summed E-state index contributed by atoms with van der Waals surface area (Å²) in [5.41, 5.74) is 7.91. The van der Waals surface area contributed by atoms with Crippen molar-refractivity contribution in [3.8, 4) is 0 Å². The van der Waals surface area contributed by atoms with Crippen molar-refractivity contribution in [3.05, 3.63) is 59.1 Å². The number of nitrogens with zero attached hydrogens (tertiary/aromatic N) is 1. The number of thioether (sulfide) groups is 1. The topological polar surface area (TPSA) is 73.5 Å². The summed E-state index contributed by atoms with van der Waals surface area (Å²) in [6, 6.07) is 14.5. The Bertz CT molecular complexity index is 829. The first-order valence-corrected chi connectivity index (χ1v) is 9.68. The molecule has 3 rings (SSSR count). The molecule has 3 N–H and O–H groups in total. The molecule has 0 radical (unpaired) electrons. The van der Waals surface area contributed by atoms with Gasteiger partial charge in [0, 0.05) is 35.7 Å². The maximum atomic E-state index is 12.5. The molecule has 1 heterocycles. The Hall–Kier alpha value is -2.06. The summed E-state index contributed by atoms with van der Waals surface area (Å²) < 4.78 is 0. The number of amides is 2. The van der Waals surface area contributed by atoms with E-state index >= 15 is 0 Å². The lowest BCUT2D eigenvalue weighted by molar-refractivity contribution is -0.117. The normalized spacial score (nSPS) is 18.9. The van der Waals surface area contributed by atoms with Crippen LogP contribution in [0.1, 0.15) is 18.0 Å². The minimum atomic E-state index is -0.349. The lowest BCUT2D eigenvalue weighted by atomic mass is 10.0. The number of carbonyl (C=O) groups is 2. The van der Waals surface area contributed by atoms with Crippen LogP contribution in [0, 0.1) is 0 Å². The van der Waals surface area contributed by atoms with Gasteiger partial charge in [0.2, 0.25) is 5.91 Å². The number of nitrogens with one attached hydrogen (secondary N) is 3. The average Bonchev–Trinajstić information content (AvgIpc) is 3.13. The number of anilines is 1. The molecular formula is C19H21ClN4O2S. The van der Waals surface area contributed by atoms with Crippen LogP contribution in [0.25, 0.3) is 0 Å². The third-order valence-corrected chi connectivity index (χ3v) is 5.45. The molecule has 1 fully saturated rings. The maximum Gasteiger partial charge on any atom is 0.285 e. The van der Waals surface area contributed by atoms with Crippen LogP contribution in [0.2, 0.25) is 5.02 Å². The van der Waals surface area contributed by atoms with E-state index in [1.165, 1.54) is 4.90 Å². The lowest BCUT2D eigenvalue weighted by Gasteiger charge is -2.12. The van der Waals surface area contributed by atoms with Gasteiger partial charge in [0.05, 0.1) is 0 Å². The third-order valence-electron chi connectivity index (χ3n) is 4.16. The lowest BCUT2D eigenvalue weighted by Crippen LogP contribution is -2.39. The maximum absolute atomic E-state index is 12.5. The van der Waals surface area contributed by atoms with Gasteiger partial charge in [0.1, 0.15) is 6.04 Å². The van der Waals surface area contributed by atoms with Gasteiger partial charge in [-0.15, -0.1) is 0 Å². The SMILES string of the molecule is CN(C)C(=O)Sc1ccc(NC(=O)C2CC(c3cccc(Cl)c3)NN2)cc1. The Balaban J connectivity index is 1.55. The van der Waals surface area contributed by atoms with Crippen molar-refractivity contribution in [2.45, 2.75) is 23.4 Å². The van der Waals surface area contributed by atoms with Gasteiger partial charge >= 0.3 is 0 Å². The highest BCUT2D eigenvalue weighted by Crippen LogP contribution is 2.26. The molecule has 142 valence electrons. The largest absolute Gasteiger partial charge is 0.339 e. The standard InChI is InChI=1S/C19H21ClN4O2S/c1-24(2)19(26)27-15-8-6-14(7-9-15)21-18(25)17-11-16(22-23-17)12-4-3-5-13(20)10-12/h3-10,16-17,22-23H,11H2,1-2H3,(H,21,25). The number of rotatable bonds is 4. The molecule has 27 heavy (non-hydrogen) atoms. The molecule has 0 spiro atoms. The van der Waals surface area contributed by atoms with E-state index in [9.17, 15) is 9.59 Å². The second-order valence-corrected chi connectivity index (χ2v) is 7.92. The van der Waals surface area contributed by atoms with Crippen LogP contribution in [-0.4, -0.2) is 36.2 Å². The first kappa shape index (κ1) is 19.7. The van der Waals surface area contributed by atoms with Crippen molar-refractivity contribution in [2.75, 3.05) is 19.4 Å². The van der Waals surface area contributed by atoms with Crippen molar-refractivity contribution in [2.24, 2.45) is 0 Å². The highest BCUT2D eigenvalue weighted by Gasteiger charge is 2.30. The van der Waals surface area contributed by atoms with Gasteiger partial charge in [0.25, 0.3) is 5.24 Å². The smallest absolute Gasteiger partial charge is 0.285 e. The fourth-order valence-electron chi connectivity index (χ4n) is 2.70. The molecule has 0 aliphatic carbocycles. The second-order valence-electron chi connectivity index (χ2n) is 6.46. The van der Waals surface area contributed by atoms with E-state index in [4.69, 9.17) is 11.6 Å². The van der Waals surface area contributed by atoms with Crippen LogP contribution in [-0.2, 0) is 4.79 Å². The van der Waals surface area contributed by atoms with E-state index in [2.05, 4.69) is 16.2 Å². The zero-order chi connectivity index (χ0) is 19.4. The summed E-state index contributed by atoms with van der Waals surface area (Å²) in [5.74, 6) is -0.114. The third kappa shape index (κ3) is 5.23. The molecule has 8 heteroatoms. The molecule has 1 saturated heterocycles. The second kappa shape index (κ2) is 8.75. The van der Waals surface area contributed by atoms with Crippen LogP contribution in [0.5, 0.6) is 0 Å². The molecule has 2 amide bonds. The Morgan fingerprint density at radius 1 is 1.15 bits per heavy atom. The minimum absolute atomic E-state index is 0.0234. The summed E-state index contributed by atoms with van der Waals surface area (Å²) in [7, 11) is 3.42.